The first kappa shape index (κ1) is 22.9. The van der Waals surface area contributed by atoms with Crippen LogP contribution in [0.15, 0.2) is 24.7 Å². The second-order valence-electron chi connectivity index (χ2n) is 11.5. The van der Waals surface area contributed by atoms with Crippen LogP contribution in [-0.4, -0.2) is 37.9 Å². The van der Waals surface area contributed by atoms with E-state index in [0.717, 1.165) is 55.8 Å². The van der Waals surface area contributed by atoms with Crippen LogP contribution in [0.25, 0.3) is 10.9 Å². The van der Waals surface area contributed by atoms with E-state index < -0.39 is 12.3 Å². The smallest absolute Gasteiger partial charge is 0.157 e. The number of rotatable bonds is 7. The minimum absolute atomic E-state index is 0.0837. The molecule has 0 bridgehead atoms. The van der Waals surface area contributed by atoms with Gasteiger partial charge in [-0.25, -0.2) is 4.39 Å². The van der Waals surface area contributed by atoms with Crippen molar-refractivity contribution in [2.24, 2.45) is 29.1 Å². The van der Waals surface area contributed by atoms with Crippen molar-refractivity contribution >= 4 is 16.7 Å². The molecule has 6 atom stereocenters. The van der Waals surface area contributed by atoms with Crippen LogP contribution in [0, 0.1) is 29.1 Å². The lowest BCUT2D eigenvalue weighted by atomic mass is 9.59. The molecule has 1 N–H and O–H groups in total. The molecule has 180 valence electrons. The zero-order valence-electron chi connectivity index (χ0n) is 19.9. The van der Waals surface area contributed by atoms with E-state index in [0.29, 0.717) is 42.9 Å². The molecular formula is C27H38FN3O2. The summed E-state index contributed by atoms with van der Waals surface area (Å²) >= 11 is 0. The molecule has 0 amide bonds. The highest BCUT2D eigenvalue weighted by molar-refractivity contribution is 5.83. The van der Waals surface area contributed by atoms with Crippen LogP contribution in [0.1, 0.15) is 77.6 Å². The van der Waals surface area contributed by atoms with E-state index in [1.165, 1.54) is 12.8 Å². The van der Waals surface area contributed by atoms with Gasteiger partial charge >= 0.3 is 0 Å². The van der Waals surface area contributed by atoms with Gasteiger partial charge in [0.1, 0.15) is 12.2 Å². The van der Waals surface area contributed by atoms with Crippen LogP contribution in [-0.2, 0) is 11.3 Å². The van der Waals surface area contributed by atoms with Crippen molar-refractivity contribution in [2.75, 3.05) is 6.67 Å². The van der Waals surface area contributed by atoms with Gasteiger partial charge in [0.15, 0.2) is 5.78 Å². The summed E-state index contributed by atoms with van der Waals surface area (Å²) in [5.41, 5.74) is -0.163. The highest BCUT2D eigenvalue weighted by Crippen LogP contribution is 2.59. The minimum atomic E-state index is -1.08. The van der Waals surface area contributed by atoms with Crippen LogP contribution in [0.3, 0.4) is 0 Å². The number of alkyl halides is 1. The average molecular weight is 456 g/mol. The highest BCUT2D eigenvalue weighted by Gasteiger charge is 2.53. The normalized spacial score (nSPS) is 36.7. The largest absolute Gasteiger partial charge is 0.387 e. The molecule has 2 aromatic heterocycles. The number of aromatic nitrogens is 3. The van der Waals surface area contributed by atoms with E-state index in [1.54, 1.807) is 17.1 Å². The lowest BCUT2D eigenvalue weighted by Gasteiger charge is -2.45. The summed E-state index contributed by atoms with van der Waals surface area (Å²) in [4.78, 5) is 17.6. The number of pyridine rings is 1. The van der Waals surface area contributed by atoms with Crippen LogP contribution in [0.4, 0.5) is 4.39 Å². The number of carbonyl (C=O) groups is 1. The molecule has 3 fully saturated rings. The third-order valence-electron chi connectivity index (χ3n) is 9.45. The third kappa shape index (κ3) is 4.48. The molecule has 5 nitrogen and oxygen atoms in total. The maximum atomic E-state index is 13.4. The number of hydrogen-bond donors (Lipinski definition) is 1. The Morgan fingerprint density at radius 2 is 2.06 bits per heavy atom. The molecule has 6 heteroatoms. The van der Waals surface area contributed by atoms with Gasteiger partial charge in [-0.15, -0.1) is 0 Å². The fourth-order valence-electron chi connectivity index (χ4n) is 7.77. The third-order valence-corrected chi connectivity index (χ3v) is 9.45. The fourth-order valence-corrected chi connectivity index (χ4v) is 7.77. The molecule has 5 rings (SSSR count). The van der Waals surface area contributed by atoms with Gasteiger partial charge in [0.25, 0.3) is 0 Å². The Balaban J connectivity index is 1.22. The molecular weight excluding hydrogens is 417 g/mol. The fraction of sp³-hybridized carbons (Fsp3) is 0.741. The van der Waals surface area contributed by atoms with Crippen LogP contribution >= 0.6 is 0 Å². The molecule has 6 unspecified atom stereocenters. The summed E-state index contributed by atoms with van der Waals surface area (Å²) in [6, 6.07) is 1.93. The topological polar surface area (TPSA) is 68.0 Å². The van der Waals surface area contributed by atoms with Crippen molar-refractivity contribution in [3.63, 3.8) is 0 Å². The molecule has 3 aliphatic carbocycles. The standard InChI is InChI=1S/C27H38FN3O2/c1-26-11-3-5-20(7-6-19-4-2-12-27(33,14-19)18-28)22(26)8-9-23(26)25(32)17-31-16-21-10-13-29-15-24(21)30-31/h10,13,15-16,19-20,22-23,33H,2-9,11-12,14,17-18H2,1H3. The zero-order valence-corrected chi connectivity index (χ0v) is 19.9. The number of aliphatic hydroxyl groups is 1. The summed E-state index contributed by atoms with van der Waals surface area (Å²) in [6.07, 6.45) is 16.7. The number of hydrogen-bond acceptors (Lipinski definition) is 4. The van der Waals surface area contributed by atoms with Crippen molar-refractivity contribution < 1.29 is 14.3 Å². The van der Waals surface area contributed by atoms with Crippen molar-refractivity contribution in [2.45, 2.75) is 89.7 Å². The Morgan fingerprint density at radius 1 is 1.21 bits per heavy atom. The molecule has 2 heterocycles. The number of nitrogens with zero attached hydrogens (tertiary/aromatic N) is 3. The van der Waals surface area contributed by atoms with Crippen molar-refractivity contribution in [3.8, 4) is 0 Å². The van der Waals surface area contributed by atoms with E-state index in [1.807, 2.05) is 12.3 Å². The Labute approximate surface area is 196 Å². The van der Waals surface area contributed by atoms with Crippen LogP contribution in [0.5, 0.6) is 0 Å². The first-order valence-electron chi connectivity index (χ1n) is 13.0. The van der Waals surface area contributed by atoms with Gasteiger partial charge in [0, 0.05) is 23.7 Å². The summed E-state index contributed by atoms with van der Waals surface area (Å²) in [7, 11) is 0. The maximum absolute atomic E-state index is 13.4. The Morgan fingerprint density at radius 3 is 2.88 bits per heavy atom. The first-order valence-corrected chi connectivity index (χ1v) is 13.0. The molecule has 3 saturated carbocycles. The number of carbonyl (C=O) groups excluding carboxylic acids is 1. The van der Waals surface area contributed by atoms with Crippen molar-refractivity contribution in [3.05, 3.63) is 24.7 Å². The summed E-state index contributed by atoms with van der Waals surface area (Å²) in [5.74, 6) is 2.13. The van der Waals surface area contributed by atoms with Gasteiger partial charge in [-0.2, -0.15) is 5.10 Å². The van der Waals surface area contributed by atoms with Gasteiger partial charge < -0.3 is 5.11 Å². The van der Waals surface area contributed by atoms with Gasteiger partial charge in [-0.3, -0.25) is 14.5 Å². The van der Waals surface area contributed by atoms with E-state index in [-0.39, 0.29) is 11.3 Å². The first-order chi connectivity index (χ1) is 15.9. The van der Waals surface area contributed by atoms with E-state index in [2.05, 4.69) is 17.0 Å². The lowest BCUT2D eigenvalue weighted by Crippen LogP contribution is -2.41. The van der Waals surface area contributed by atoms with E-state index >= 15 is 0 Å². The predicted molar refractivity (Wildman–Crippen MR) is 126 cm³/mol. The SMILES string of the molecule is CC12CCCC(CCC3CCCC(O)(CF)C3)C1CCC2C(=O)Cn1cc2ccncc2n1. The minimum Gasteiger partial charge on any atom is -0.387 e. The molecule has 0 aromatic carbocycles. The van der Waals surface area contributed by atoms with E-state index in [9.17, 15) is 14.3 Å². The Bertz CT molecular complexity index is 960. The Hall–Kier alpha value is -1.82. The van der Waals surface area contributed by atoms with Crippen molar-refractivity contribution in [1.82, 2.24) is 14.8 Å². The number of halogens is 1. The summed E-state index contributed by atoms with van der Waals surface area (Å²) in [5, 5.41) is 16.0. The van der Waals surface area contributed by atoms with Crippen LogP contribution < -0.4 is 0 Å². The second kappa shape index (κ2) is 9.09. The monoisotopic (exact) mass is 455 g/mol. The molecule has 0 aliphatic heterocycles. The van der Waals surface area contributed by atoms with Crippen LogP contribution in [0.2, 0.25) is 0 Å². The van der Waals surface area contributed by atoms with Gasteiger partial charge in [0.05, 0.1) is 18.3 Å². The number of Topliss-reactive ketones (excluding diaryl/α,β-unsaturated/α-hetero) is 1. The molecule has 3 aliphatic rings. The summed E-state index contributed by atoms with van der Waals surface area (Å²) in [6.45, 7) is 2.10. The molecule has 0 radical (unpaired) electrons. The number of fused-ring (bicyclic) bond motifs is 2. The molecule has 0 spiro atoms. The predicted octanol–water partition coefficient (Wildman–Crippen LogP) is 5.50. The second-order valence-corrected chi connectivity index (χ2v) is 11.5. The van der Waals surface area contributed by atoms with Gasteiger partial charge in [0.2, 0.25) is 0 Å². The molecule has 0 saturated heterocycles. The molecule has 2 aromatic rings. The Kier molecular flexibility index (Phi) is 6.32. The highest BCUT2D eigenvalue weighted by atomic mass is 19.1. The van der Waals surface area contributed by atoms with Gasteiger partial charge in [-0.05, 0) is 67.8 Å². The lowest BCUT2D eigenvalue weighted by molar-refractivity contribution is -0.128. The molecule has 33 heavy (non-hydrogen) atoms. The van der Waals surface area contributed by atoms with Crippen molar-refractivity contribution in [1.29, 1.82) is 0 Å². The average Bonchev–Trinajstić information content (AvgIpc) is 3.37. The zero-order chi connectivity index (χ0) is 23.1. The maximum Gasteiger partial charge on any atom is 0.157 e. The summed E-state index contributed by atoms with van der Waals surface area (Å²) < 4.78 is 15.1. The number of ketones is 1. The van der Waals surface area contributed by atoms with E-state index in [4.69, 9.17) is 0 Å². The quantitative estimate of drug-likeness (QED) is 0.598. The van der Waals surface area contributed by atoms with Gasteiger partial charge in [-0.1, -0.05) is 39.0 Å².